The molecule has 4 heteroatoms. The fourth-order valence-corrected chi connectivity index (χ4v) is 3.26. The van der Waals surface area contributed by atoms with E-state index in [2.05, 4.69) is 29.8 Å². The first-order valence-corrected chi connectivity index (χ1v) is 8.28. The van der Waals surface area contributed by atoms with Crippen molar-refractivity contribution in [2.75, 3.05) is 18.0 Å². The van der Waals surface area contributed by atoms with Gasteiger partial charge in [0, 0.05) is 42.4 Å². The molecule has 4 nitrogen and oxygen atoms in total. The summed E-state index contributed by atoms with van der Waals surface area (Å²) in [6, 6.07) is 15.3. The summed E-state index contributed by atoms with van der Waals surface area (Å²) >= 11 is 0. The first kappa shape index (κ1) is 14.7. The number of aromatic nitrogens is 1. The summed E-state index contributed by atoms with van der Waals surface area (Å²) in [5.74, 6) is 0.586. The molecule has 0 saturated heterocycles. The van der Waals surface area contributed by atoms with E-state index in [0.717, 1.165) is 41.0 Å². The Morgan fingerprint density at radius 1 is 1.00 bits per heavy atom. The number of hydrogen-bond acceptors (Lipinski definition) is 3. The van der Waals surface area contributed by atoms with Gasteiger partial charge in [0.2, 0.25) is 16.9 Å². The fourth-order valence-electron chi connectivity index (χ4n) is 3.26. The van der Waals surface area contributed by atoms with E-state index in [4.69, 9.17) is 4.42 Å². The molecule has 0 atom stereocenters. The van der Waals surface area contributed by atoms with Crippen LogP contribution >= 0.6 is 0 Å². The Bertz CT molecular complexity index is 1060. The van der Waals surface area contributed by atoms with Crippen LogP contribution in [-0.2, 0) is 0 Å². The van der Waals surface area contributed by atoms with E-state index in [-0.39, 0.29) is 5.43 Å². The Morgan fingerprint density at radius 3 is 2.50 bits per heavy atom. The number of fused-ring (bicyclic) bond motifs is 4. The van der Waals surface area contributed by atoms with Crippen molar-refractivity contribution >= 4 is 27.6 Å². The van der Waals surface area contributed by atoms with Gasteiger partial charge < -0.3 is 9.32 Å². The summed E-state index contributed by atoms with van der Waals surface area (Å²) in [7, 11) is 0. The van der Waals surface area contributed by atoms with E-state index in [9.17, 15) is 4.79 Å². The maximum atomic E-state index is 12.3. The third-order valence-electron chi connectivity index (χ3n) is 4.54. The van der Waals surface area contributed by atoms with Gasteiger partial charge in [-0.2, -0.15) is 4.98 Å². The summed E-state index contributed by atoms with van der Waals surface area (Å²) in [4.78, 5) is 18.0. The van der Waals surface area contributed by atoms with Gasteiger partial charge in [0.05, 0.1) is 5.39 Å². The van der Waals surface area contributed by atoms with Crippen molar-refractivity contribution in [3.63, 3.8) is 0 Å². The Morgan fingerprint density at radius 2 is 1.75 bits per heavy atom. The lowest BCUT2D eigenvalue weighted by molar-refractivity contribution is -0.332. The molecule has 120 valence electrons. The van der Waals surface area contributed by atoms with Crippen molar-refractivity contribution in [3.05, 3.63) is 58.8 Å². The van der Waals surface area contributed by atoms with Crippen LogP contribution in [0.5, 0.6) is 0 Å². The van der Waals surface area contributed by atoms with E-state index in [1.165, 1.54) is 0 Å². The second-order valence-electron chi connectivity index (χ2n) is 5.87. The molecule has 0 fully saturated rings. The molecule has 2 aliphatic rings. The topological polar surface area (TPSA) is 47.6 Å². The average molecular weight is 319 g/mol. The van der Waals surface area contributed by atoms with Crippen molar-refractivity contribution in [3.8, 4) is 11.5 Å². The molecule has 1 aliphatic carbocycles. The van der Waals surface area contributed by atoms with Crippen LogP contribution in [0.25, 0.3) is 33.3 Å². The molecule has 0 amide bonds. The number of anilines is 1. The highest BCUT2D eigenvalue weighted by atomic mass is 16.3. The molecule has 1 aliphatic heterocycles. The van der Waals surface area contributed by atoms with E-state index in [0.29, 0.717) is 11.1 Å². The smallest absolute Gasteiger partial charge is 0.255 e. The van der Waals surface area contributed by atoms with Gasteiger partial charge in [-0.1, -0.05) is 18.2 Å². The first-order valence-electron chi connectivity index (χ1n) is 8.28. The highest BCUT2D eigenvalue weighted by molar-refractivity contribution is 5.94. The zero-order valence-electron chi connectivity index (χ0n) is 13.8. The van der Waals surface area contributed by atoms with Crippen LogP contribution in [-0.4, -0.2) is 13.1 Å². The molecule has 0 radical (unpaired) electrons. The van der Waals surface area contributed by atoms with Crippen LogP contribution in [0.1, 0.15) is 13.8 Å². The summed E-state index contributed by atoms with van der Waals surface area (Å²) in [6.07, 6.45) is 0. The number of rotatable bonds is 3. The summed E-state index contributed by atoms with van der Waals surface area (Å²) in [5.41, 5.74) is 3.62. The molecule has 1 N–H and O–H groups in total. The third kappa shape index (κ3) is 2.22. The second kappa shape index (κ2) is 5.64. The van der Waals surface area contributed by atoms with Crippen LogP contribution < -0.4 is 15.3 Å². The molecule has 2 aromatic rings. The quantitative estimate of drug-likeness (QED) is 0.427. The molecule has 1 heterocycles. The standard InChI is InChI=1S/C20H18N2O2/c1-3-22(4-2)13-9-10-16-18(11-13)24-19-12-17(23)14-7-5-6-8-15(14)20(19)21-16/h5-12H,3-4H2,1-2H3/p+1. The number of hydrogen-bond donors (Lipinski definition) is 0. The number of aromatic amines is 1. The van der Waals surface area contributed by atoms with Gasteiger partial charge in [0.15, 0.2) is 5.43 Å². The Hall–Kier alpha value is -2.88. The molecule has 0 unspecified atom stereocenters. The molecule has 0 bridgehead atoms. The molecule has 0 spiro atoms. The minimum Gasteiger partial charge on any atom is -0.443 e. The molecule has 24 heavy (non-hydrogen) atoms. The highest BCUT2D eigenvalue weighted by Crippen LogP contribution is 2.28. The Kier molecular flexibility index (Phi) is 3.45. The molecular formula is C20H19N2O2+. The first-order chi connectivity index (χ1) is 11.7. The van der Waals surface area contributed by atoms with Crippen LogP contribution in [0.3, 0.4) is 0 Å². The monoisotopic (exact) mass is 319 g/mol. The molecular weight excluding hydrogens is 300 g/mol. The molecule has 0 aromatic heterocycles. The number of nitrogens with zero attached hydrogens (tertiary/aromatic N) is 1. The number of nitrogens with one attached hydrogen (secondary N) is 1. The van der Waals surface area contributed by atoms with Crippen LogP contribution in [0.2, 0.25) is 0 Å². The van der Waals surface area contributed by atoms with Crippen LogP contribution in [0.15, 0.2) is 57.7 Å². The number of benzene rings is 3. The molecule has 0 saturated carbocycles. The van der Waals surface area contributed by atoms with E-state index >= 15 is 0 Å². The SMILES string of the molecule is CCN(CC)c1ccc2[nH+]c3c4ccccc4c(=O)cc-3oc2c1. The average Bonchev–Trinajstić information content (AvgIpc) is 2.62. The largest absolute Gasteiger partial charge is 0.443 e. The summed E-state index contributed by atoms with van der Waals surface area (Å²) in [5, 5.41) is 1.59. The number of H-pyrrole nitrogens is 1. The third-order valence-corrected chi connectivity index (χ3v) is 4.54. The van der Waals surface area contributed by atoms with Gasteiger partial charge in [-0.05, 0) is 26.0 Å². The highest BCUT2D eigenvalue weighted by Gasteiger charge is 2.21. The van der Waals surface area contributed by atoms with Crippen molar-refractivity contribution < 1.29 is 9.40 Å². The summed E-state index contributed by atoms with van der Waals surface area (Å²) in [6.45, 7) is 6.14. The van der Waals surface area contributed by atoms with Gasteiger partial charge in [-0.25, -0.2) is 0 Å². The van der Waals surface area contributed by atoms with Crippen molar-refractivity contribution in [1.82, 2.24) is 0 Å². The second-order valence-corrected chi connectivity index (χ2v) is 5.87. The Balaban J connectivity index is 2.02. The lowest BCUT2D eigenvalue weighted by Gasteiger charge is -2.20. The zero-order chi connectivity index (χ0) is 16.7. The minimum atomic E-state index is -0.0190. The molecule has 4 rings (SSSR count). The zero-order valence-corrected chi connectivity index (χ0v) is 13.8. The maximum absolute atomic E-state index is 12.3. The van der Waals surface area contributed by atoms with Gasteiger partial charge in [0.1, 0.15) is 0 Å². The lowest BCUT2D eigenvalue weighted by atomic mass is 10.0. The maximum Gasteiger partial charge on any atom is 0.255 e. The fraction of sp³-hybridized carbons (Fsp3) is 0.200. The van der Waals surface area contributed by atoms with Crippen LogP contribution in [0.4, 0.5) is 5.69 Å². The van der Waals surface area contributed by atoms with Crippen molar-refractivity contribution in [2.45, 2.75) is 13.8 Å². The normalized spacial score (nSPS) is 11.4. The van der Waals surface area contributed by atoms with Gasteiger partial charge in [-0.3, -0.25) is 4.79 Å². The van der Waals surface area contributed by atoms with Gasteiger partial charge in [0.25, 0.3) is 5.69 Å². The van der Waals surface area contributed by atoms with Crippen LogP contribution in [0, 0.1) is 0 Å². The minimum absolute atomic E-state index is 0.0190. The van der Waals surface area contributed by atoms with Crippen molar-refractivity contribution in [2.24, 2.45) is 0 Å². The summed E-state index contributed by atoms with van der Waals surface area (Å²) < 4.78 is 6.06. The predicted molar refractivity (Wildman–Crippen MR) is 96.7 cm³/mol. The van der Waals surface area contributed by atoms with Gasteiger partial charge >= 0.3 is 0 Å². The Labute approximate surface area is 139 Å². The van der Waals surface area contributed by atoms with E-state index in [1.807, 2.05) is 36.4 Å². The van der Waals surface area contributed by atoms with E-state index < -0.39 is 0 Å². The lowest BCUT2D eigenvalue weighted by Crippen LogP contribution is -2.22. The predicted octanol–water partition coefficient (Wildman–Crippen LogP) is 3.71. The van der Waals surface area contributed by atoms with Crippen molar-refractivity contribution in [1.29, 1.82) is 0 Å². The van der Waals surface area contributed by atoms with Gasteiger partial charge in [-0.15, -0.1) is 0 Å². The molecule has 2 aromatic carbocycles. The van der Waals surface area contributed by atoms with E-state index in [1.54, 1.807) is 6.07 Å².